The number of halogens is 3. The van der Waals surface area contributed by atoms with Crippen molar-refractivity contribution in [3.8, 4) is 0 Å². The van der Waals surface area contributed by atoms with Gasteiger partial charge >= 0.3 is 12.1 Å². The van der Waals surface area contributed by atoms with Crippen molar-refractivity contribution < 1.29 is 18.0 Å². The third-order valence-corrected chi connectivity index (χ3v) is 2.06. The lowest BCUT2D eigenvalue weighted by molar-refractivity contribution is -0.179. The number of piperidine rings is 1. The quantitative estimate of drug-likeness (QED) is 0.642. The van der Waals surface area contributed by atoms with E-state index in [4.69, 9.17) is 5.73 Å². The summed E-state index contributed by atoms with van der Waals surface area (Å²) in [7, 11) is 0. The smallest absolute Gasteiger partial charge is 0.328 e. The van der Waals surface area contributed by atoms with Gasteiger partial charge in [-0.05, 0) is 12.8 Å². The molecule has 0 spiro atoms. The lowest BCUT2D eigenvalue weighted by Crippen LogP contribution is -2.52. The Kier molecular flexibility index (Phi) is 3.33. The maximum absolute atomic E-state index is 11.8. The number of alkyl halides is 3. The fraction of sp³-hybridized carbons (Fsp3) is 0.857. The van der Waals surface area contributed by atoms with Crippen molar-refractivity contribution in [1.82, 2.24) is 10.4 Å². The molecule has 1 heterocycles. The second kappa shape index (κ2) is 4.14. The Balaban J connectivity index is 2.35. The summed E-state index contributed by atoms with van der Waals surface area (Å²) >= 11 is 0. The van der Waals surface area contributed by atoms with Crippen molar-refractivity contribution in [2.24, 2.45) is 5.73 Å². The number of nitrogens with one attached hydrogen (secondary N) is 1. The summed E-state index contributed by atoms with van der Waals surface area (Å²) in [5.41, 5.74) is 7.35. The number of nitrogens with zero attached hydrogens (tertiary/aromatic N) is 1. The van der Waals surface area contributed by atoms with Crippen LogP contribution in [-0.2, 0) is 4.79 Å². The van der Waals surface area contributed by atoms with Gasteiger partial charge in [-0.3, -0.25) is 10.2 Å². The zero-order valence-corrected chi connectivity index (χ0v) is 7.47. The third kappa shape index (κ3) is 3.15. The van der Waals surface area contributed by atoms with Crippen molar-refractivity contribution >= 4 is 5.91 Å². The Labute approximate surface area is 79.2 Å². The Bertz CT molecular complexity index is 211. The monoisotopic (exact) mass is 211 g/mol. The van der Waals surface area contributed by atoms with Gasteiger partial charge in [-0.25, -0.2) is 5.01 Å². The van der Waals surface area contributed by atoms with E-state index in [1.807, 2.05) is 0 Å². The third-order valence-electron chi connectivity index (χ3n) is 2.06. The Hall–Kier alpha value is -0.820. The molecule has 82 valence electrons. The van der Waals surface area contributed by atoms with E-state index in [-0.39, 0.29) is 6.04 Å². The van der Waals surface area contributed by atoms with E-state index in [0.717, 1.165) is 0 Å². The molecule has 1 fully saturated rings. The van der Waals surface area contributed by atoms with Gasteiger partial charge in [0.25, 0.3) is 0 Å². The van der Waals surface area contributed by atoms with Gasteiger partial charge < -0.3 is 5.73 Å². The fourth-order valence-corrected chi connectivity index (χ4v) is 1.22. The zero-order valence-electron chi connectivity index (χ0n) is 7.47. The van der Waals surface area contributed by atoms with Crippen LogP contribution in [0.25, 0.3) is 0 Å². The van der Waals surface area contributed by atoms with Gasteiger partial charge in [0.1, 0.15) is 0 Å². The SMILES string of the molecule is NC1CCN(NC(=O)C(F)(F)F)CC1. The average molecular weight is 211 g/mol. The molecule has 14 heavy (non-hydrogen) atoms. The van der Waals surface area contributed by atoms with Gasteiger partial charge in [0.2, 0.25) is 0 Å². The first-order chi connectivity index (χ1) is 6.39. The summed E-state index contributed by atoms with van der Waals surface area (Å²) in [5.74, 6) is -1.92. The topological polar surface area (TPSA) is 58.4 Å². The van der Waals surface area contributed by atoms with Gasteiger partial charge in [0.15, 0.2) is 0 Å². The summed E-state index contributed by atoms with van der Waals surface area (Å²) in [6.45, 7) is 0.728. The van der Waals surface area contributed by atoms with Gasteiger partial charge in [0, 0.05) is 19.1 Å². The van der Waals surface area contributed by atoms with E-state index in [1.165, 1.54) is 5.01 Å². The van der Waals surface area contributed by atoms with E-state index in [9.17, 15) is 18.0 Å². The zero-order chi connectivity index (χ0) is 10.8. The molecule has 1 aliphatic heterocycles. The van der Waals surface area contributed by atoms with Crippen LogP contribution in [0.2, 0.25) is 0 Å². The van der Waals surface area contributed by atoms with Crippen LogP contribution in [0.1, 0.15) is 12.8 Å². The van der Waals surface area contributed by atoms with Gasteiger partial charge in [0.05, 0.1) is 0 Å². The summed E-state index contributed by atoms with van der Waals surface area (Å²) in [5, 5.41) is 1.25. The molecule has 1 saturated heterocycles. The molecule has 3 N–H and O–H groups in total. The molecule has 0 radical (unpaired) electrons. The van der Waals surface area contributed by atoms with Crippen molar-refractivity contribution in [3.05, 3.63) is 0 Å². The van der Waals surface area contributed by atoms with Crippen molar-refractivity contribution in [1.29, 1.82) is 0 Å². The van der Waals surface area contributed by atoms with Crippen LogP contribution in [-0.4, -0.2) is 36.2 Å². The second-order valence-electron chi connectivity index (χ2n) is 3.26. The van der Waals surface area contributed by atoms with Crippen LogP contribution in [0.3, 0.4) is 0 Å². The number of rotatable bonds is 1. The Morgan fingerprint density at radius 1 is 1.36 bits per heavy atom. The highest BCUT2D eigenvalue weighted by molar-refractivity contribution is 5.81. The number of amides is 1. The molecule has 0 saturated carbocycles. The molecular weight excluding hydrogens is 199 g/mol. The molecule has 0 aliphatic carbocycles. The summed E-state index contributed by atoms with van der Waals surface area (Å²) in [6, 6.07) is 0.0223. The highest BCUT2D eigenvalue weighted by Crippen LogP contribution is 2.15. The second-order valence-corrected chi connectivity index (χ2v) is 3.26. The maximum Gasteiger partial charge on any atom is 0.472 e. The van der Waals surface area contributed by atoms with Crippen LogP contribution >= 0.6 is 0 Å². The highest BCUT2D eigenvalue weighted by atomic mass is 19.4. The number of hydrogen-bond acceptors (Lipinski definition) is 3. The van der Waals surface area contributed by atoms with E-state index >= 15 is 0 Å². The molecule has 0 atom stereocenters. The van der Waals surface area contributed by atoms with Crippen molar-refractivity contribution in [2.45, 2.75) is 25.1 Å². The Morgan fingerprint density at radius 2 is 1.86 bits per heavy atom. The molecule has 0 aromatic rings. The van der Waals surface area contributed by atoms with Crippen molar-refractivity contribution in [2.75, 3.05) is 13.1 Å². The standard InChI is InChI=1S/C7H12F3N3O/c8-7(9,10)6(14)12-13-3-1-5(11)2-4-13/h5H,1-4,11H2,(H,12,14). The molecule has 4 nitrogen and oxygen atoms in total. The Morgan fingerprint density at radius 3 is 2.29 bits per heavy atom. The molecule has 0 aromatic heterocycles. The molecule has 1 aliphatic rings. The fourth-order valence-electron chi connectivity index (χ4n) is 1.22. The molecule has 0 unspecified atom stereocenters. The lowest BCUT2D eigenvalue weighted by Gasteiger charge is -2.30. The van der Waals surface area contributed by atoms with Crippen molar-refractivity contribution in [3.63, 3.8) is 0 Å². The van der Waals surface area contributed by atoms with Gasteiger partial charge in [-0.15, -0.1) is 0 Å². The van der Waals surface area contributed by atoms with Gasteiger partial charge in [-0.2, -0.15) is 13.2 Å². The van der Waals surface area contributed by atoms with Crippen LogP contribution < -0.4 is 11.2 Å². The summed E-state index contributed by atoms with van der Waals surface area (Å²) in [6.07, 6.45) is -3.63. The highest BCUT2D eigenvalue weighted by Gasteiger charge is 2.39. The van der Waals surface area contributed by atoms with Crippen LogP contribution in [0.4, 0.5) is 13.2 Å². The summed E-state index contributed by atoms with van der Waals surface area (Å²) in [4.78, 5) is 10.5. The number of hydrazine groups is 1. The van der Waals surface area contributed by atoms with E-state index in [1.54, 1.807) is 5.43 Å². The first-order valence-corrected chi connectivity index (χ1v) is 4.28. The average Bonchev–Trinajstić information content (AvgIpc) is 2.07. The number of carbonyl (C=O) groups excluding carboxylic acids is 1. The summed E-state index contributed by atoms with van der Waals surface area (Å²) < 4.78 is 35.5. The van der Waals surface area contributed by atoms with E-state index in [2.05, 4.69) is 0 Å². The number of nitrogens with two attached hydrogens (primary N) is 1. The van der Waals surface area contributed by atoms with Gasteiger partial charge in [-0.1, -0.05) is 0 Å². The minimum absolute atomic E-state index is 0.0223. The van der Waals surface area contributed by atoms with Crippen LogP contribution in [0, 0.1) is 0 Å². The maximum atomic E-state index is 11.8. The lowest BCUT2D eigenvalue weighted by atomic mass is 10.1. The van der Waals surface area contributed by atoms with E-state index < -0.39 is 12.1 Å². The van der Waals surface area contributed by atoms with Crippen LogP contribution in [0.15, 0.2) is 0 Å². The van der Waals surface area contributed by atoms with Crippen LogP contribution in [0.5, 0.6) is 0 Å². The number of hydrogen-bond donors (Lipinski definition) is 2. The minimum atomic E-state index is -4.82. The normalized spacial score (nSPS) is 20.9. The molecule has 0 aromatic carbocycles. The minimum Gasteiger partial charge on any atom is -0.328 e. The molecule has 1 rings (SSSR count). The molecule has 7 heteroatoms. The molecular formula is C7H12F3N3O. The molecule has 0 bridgehead atoms. The number of carbonyl (C=O) groups is 1. The largest absolute Gasteiger partial charge is 0.472 e. The van der Waals surface area contributed by atoms with E-state index in [0.29, 0.717) is 25.9 Å². The molecule has 1 amide bonds. The predicted molar refractivity (Wildman–Crippen MR) is 43.0 cm³/mol. The first kappa shape index (κ1) is 11.3. The predicted octanol–water partition coefficient (Wildman–Crippen LogP) is 0.00300. The first-order valence-electron chi connectivity index (χ1n) is 4.28.